The first-order valence-electron chi connectivity index (χ1n) is 6.21. The maximum absolute atomic E-state index is 9.49. The van der Waals surface area contributed by atoms with Gasteiger partial charge in [0.15, 0.2) is 0 Å². The number of nitrogens with one attached hydrogen (secondary N) is 1. The number of hydrogen-bond acceptors (Lipinski definition) is 2. The Hall–Kier alpha value is -0.860. The van der Waals surface area contributed by atoms with Crippen molar-refractivity contribution >= 4 is 0 Å². The first kappa shape index (κ1) is 11.6. The van der Waals surface area contributed by atoms with Crippen molar-refractivity contribution in [2.75, 3.05) is 13.2 Å². The van der Waals surface area contributed by atoms with Crippen LogP contribution in [-0.2, 0) is 0 Å². The fourth-order valence-corrected chi connectivity index (χ4v) is 2.89. The third-order valence-corrected chi connectivity index (χ3v) is 3.65. The number of aliphatic hydroxyl groups excluding tert-OH is 1. The minimum absolute atomic E-state index is 0.274. The highest BCUT2D eigenvalue weighted by atomic mass is 16.3. The second kappa shape index (κ2) is 4.98. The highest BCUT2D eigenvalue weighted by Crippen LogP contribution is 2.40. The Balaban J connectivity index is 2.37. The van der Waals surface area contributed by atoms with Crippen molar-refractivity contribution in [2.45, 2.75) is 32.2 Å². The van der Waals surface area contributed by atoms with Crippen LogP contribution in [0.15, 0.2) is 24.3 Å². The average molecular weight is 219 g/mol. The van der Waals surface area contributed by atoms with E-state index in [1.165, 1.54) is 11.1 Å². The summed E-state index contributed by atoms with van der Waals surface area (Å²) in [6.45, 7) is 5.60. The number of aliphatic hydroxyl groups is 1. The van der Waals surface area contributed by atoms with E-state index in [2.05, 4.69) is 43.4 Å². The van der Waals surface area contributed by atoms with E-state index in [1.807, 2.05) is 0 Å². The quantitative estimate of drug-likeness (QED) is 0.818. The van der Waals surface area contributed by atoms with Crippen molar-refractivity contribution in [3.8, 4) is 0 Å². The molecule has 2 N–H and O–H groups in total. The molecule has 0 amide bonds. The molecular formula is C14H21NO. The van der Waals surface area contributed by atoms with Gasteiger partial charge in [0.25, 0.3) is 0 Å². The van der Waals surface area contributed by atoms with E-state index in [0.29, 0.717) is 17.9 Å². The molecule has 0 fully saturated rings. The maximum Gasteiger partial charge on any atom is 0.0477 e. The van der Waals surface area contributed by atoms with Crippen molar-refractivity contribution in [1.82, 2.24) is 5.32 Å². The molecule has 1 aliphatic rings. The van der Waals surface area contributed by atoms with Gasteiger partial charge in [0.05, 0.1) is 0 Å². The van der Waals surface area contributed by atoms with Gasteiger partial charge in [0.1, 0.15) is 0 Å². The highest BCUT2D eigenvalue weighted by Gasteiger charge is 2.31. The first-order chi connectivity index (χ1) is 7.77. The van der Waals surface area contributed by atoms with Crippen LogP contribution in [-0.4, -0.2) is 18.3 Å². The van der Waals surface area contributed by atoms with Crippen molar-refractivity contribution in [3.63, 3.8) is 0 Å². The van der Waals surface area contributed by atoms with Crippen LogP contribution < -0.4 is 5.32 Å². The molecule has 0 bridgehead atoms. The van der Waals surface area contributed by atoms with Gasteiger partial charge in [-0.1, -0.05) is 38.1 Å². The number of hydrogen-bond donors (Lipinski definition) is 2. The fraction of sp³-hybridized carbons (Fsp3) is 0.571. The number of fused-ring (bicyclic) bond motifs is 1. The third kappa shape index (κ3) is 2.00. The Morgan fingerprint density at radius 1 is 1.31 bits per heavy atom. The number of rotatable bonds is 3. The van der Waals surface area contributed by atoms with Crippen molar-refractivity contribution in [3.05, 3.63) is 35.4 Å². The summed E-state index contributed by atoms with van der Waals surface area (Å²) in [6.07, 6.45) is 1.07. The van der Waals surface area contributed by atoms with Gasteiger partial charge >= 0.3 is 0 Å². The summed E-state index contributed by atoms with van der Waals surface area (Å²) >= 11 is 0. The standard InChI is InChI=1S/C14H21NO/c1-3-15-14-11(9-16)8-10(2)12-6-4-5-7-13(12)14/h4-7,10-11,14-16H,3,8-9H2,1-2H3. The maximum atomic E-state index is 9.49. The van der Waals surface area contributed by atoms with Crippen LogP contribution in [0.2, 0.25) is 0 Å². The van der Waals surface area contributed by atoms with Gasteiger partial charge in [-0.15, -0.1) is 0 Å². The lowest BCUT2D eigenvalue weighted by atomic mass is 9.74. The van der Waals surface area contributed by atoms with Gasteiger partial charge in [0, 0.05) is 18.6 Å². The van der Waals surface area contributed by atoms with E-state index >= 15 is 0 Å². The molecule has 0 saturated heterocycles. The molecule has 0 saturated carbocycles. The third-order valence-electron chi connectivity index (χ3n) is 3.65. The summed E-state index contributed by atoms with van der Waals surface area (Å²) in [5, 5.41) is 13.0. The fourth-order valence-electron chi connectivity index (χ4n) is 2.89. The molecule has 88 valence electrons. The molecular weight excluding hydrogens is 198 g/mol. The summed E-state index contributed by atoms with van der Waals surface area (Å²) in [4.78, 5) is 0. The van der Waals surface area contributed by atoms with Gasteiger partial charge < -0.3 is 10.4 Å². The lowest BCUT2D eigenvalue weighted by Crippen LogP contribution is -2.35. The summed E-state index contributed by atoms with van der Waals surface area (Å²) < 4.78 is 0. The summed E-state index contributed by atoms with van der Waals surface area (Å²) in [6, 6.07) is 8.94. The molecule has 0 spiro atoms. The second-order valence-corrected chi connectivity index (χ2v) is 4.74. The van der Waals surface area contributed by atoms with E-state index in [4.69, 9.17) is 0 Å². The molecule has 3 unspecified atom stereocenters. The Kier molecular flexibility index (Phi) is 3.62. The zero-order valence-corrected chi connectivity index (χ0v) is 10.1. The largest absolute Gasteiger partial charge is 0.396 e. The van der Waals surface area contributed by atoms with Crippen LogP contribution in [0.4, 0.5) is 0 Å². The summed E-state index contributed by atoms with van der Waals surface area (Å²) in [7, 11) is 0. The van der Waals surface area contributed by atoms with E-state index in [-0.39, 0.29) is 6.61 Å². The van der Waals surface area contributed by atoms with Gasteiger partial charge in [-0.05, 0) is 30.0 Å². The Labute approximate surface area is 97.7 Å². The van der Waals surface area contributed by atoms with Crippen molar-refractivity contribution in [1.29, 1.82) is 0 Å². The minimum Gasteiger partial charge on any atom is -0.396 e. The molecule has 0 aliphatic heterocycles. The molecule has 2 nitrogen and oxygen atoms in total. The van der Waals surface area contributed by atoms with Crippen LogP contribution in [0, 0.1) is 5.92 Å². The lowest BCUT2D eigenvalue weighted by molar-refractivity contribution is 0.167. The van der Waals surface area contributed by atoms with Gasteiger partial charge in [-0.2, -0.15) is 0 Å². The average Bonchev–Trinajstić information content (AvgIpc) is 2.33. The van der Waals surface area contributed by atoms with Crippen LogP contribution in [0.1, 0.15) is 43.4 Å². The molecule has 0 aromatic heterocycles. The first-order valence-corrected chi connectivity index (χ1v) is 6.21. The summed E-state index contributed by atoms with van der Waals surface area (Å²) in [5.74, 6) is 0.910. The van der Waals surface area contributed by atoms with Gasteiger partial charge in [-0.3, -0.25) is 0 Å². The Bertz CT molecular complexity index is 350. The molecule has 1 aliphatic carbocycles. The molecule has 1 aromatic rings. The SMILES string of the molecule is CCNC1c2ccccc2C(C)CC1CO. The highest BCUT2D eigenvalue weighted by molar-refractivity contribution is 5.35. The molecule has 1 aromatic carbocycles. The van der Waals surface area contributed by atoms with Crippen LogP contribution in [0.3, 0.4) is 0 Å². The topological polar surface area (TPSA) is 32.3 Å². The van der Waals surface area contributed by atoms with Crippen LogP contribution in [0.25, 0.3) is 0 Å². The van der Waals surface area contributed by atoms with Crippen molar-refractivity contribution in [2.24, 2.45) is 5.92 Å². The second-order valence-electron chi connectivity index (χ2n) is 4.74. The molecule has 0 radical (unpaired) electrons. The molecule has 2 rings (SSSR count). The number of benzene rings is 1. The van der Waals surface area contributed by atoms with E-state index < -0.39 is 0 Å². The smallest absolute Gasteiger partial charge is 0.0477 e. The molecule has 2 heteroatoms. The van der Waals surface area contributed by atoms with Crippen molar-refractivity contribution < 1.29 is 5.11 Å². The predicted molar refractivity (Wildman–Crippen MR) is 66.5 cm³/mol. The van der Waals surface area contributed by atoms with Crippen LogP contribution in [0.5, 0.6) is 0 Å². The van der Waals surface area contributed by atoms with E-state index in [9.17, 15) is 5.11 Å². The Morgan fingerprint density at radius 3 is 2.62 bits per heavy atom. The molecule has 3 atom stereocenters. The predicted octanol–water partition coefficient (Wildman–Crippen LogP) is 2.45. The van der Waals surface area contributed by atoms with Crippen LogP contribution >= 0.6 is 0 Å². The van der Waals surface area contributed by atoms with Gasteiger partial charge in [-0.25, -0.2) is 0 Å². The Morgan fingerprint density at radius 2 is 2.00 bits per heavy atom. The lowest BCUT2D eigenvalue weighted by Gasteiger charge is -2.36. The van der Waals surface area contributed by atoms with Gasteiger partial charge in [0.2, 0.25) is 0 Å². The zero-order valence-electron chi connectivity index (χ0n) is 10.1. The molecule has 0 heterocycles. The van der Waals surface area contributed by atoms with E-state index in [1.54, 1.807) is 0 Å². The normalized spacial score (nSPS) is 28.8. The summed E-state index contributed by atoms with van der Waals surface area (Å²) in [5.41, 5.74) is 2.82. The minimum atomic E-state index is 0.274. The zero-order chi connectivity index (χ0) is 11.5. The molecule has 16 heavy (non-hydrogen) atoms. The monoisotopic (exact) mass is 219 g/mol. The van der Waals surface area contributed by atoms with E-state index in [0.717, 1.165) is 13.0 Å².